The number of nitrogens with zero attached hydrogens (tertiary/aromatic N) is 1. The SMILES string of the molecule is O=C(O)c1ccc(COc2c(Br)cc(Br)cc2C=Nc2ccc(Oc3ccccc3)cc2)cc1. The van der Waals surface area contributed by atoms with E-state index in [0.717, 1.165) is 37.3 Å². The summed E-state index contributed by atoms with van der Waals surface area (Å²) >= 11 is 7.07. The third kappa shape index (κ3) is 6.34. The van der Waals surface area contributed by atoms with Gasteiger partial charge in [-0.1, -0.05) is 46.3 Å². The van der Waals surface area contributed by atoms with Crippen LogP contribution < -0.4 is 9.47 Å². The molecule has 34 heavy (non-hydrogen) atoms. The number of aromatic carboxylic acids is 1. The van der Waals surface area contributed by atoms with Gasteiger partial charge in [-0.25, -0.2) is 4.79 Å². The molecule has 4 aromatic rings. The lowest BCUT2D eigenvalue weighted by atomic mass is 10.1. The van der Waals surface area contributed by atoms with Gasteiger partial charge in [-0.05, 0) is 82.2 Å². The summed E-state index contributed by atoms with van der Waals surface area (Å²) in [6.45, 7) is 0.284. The highest BCUT2D eigenvalue weighted by atomic mass is 79.9. The summed E-state index contributed by atoms with van der Waals surface area (Å²) in [6.07, 6.45) is 1.74. The van der Waals surface area contributed by atoms with E-state index in [0.29, 0.717) is 5.75 Å². The van der Waals surface area contributed by atoms with Crippen molar-refractivity contribution in [2.24, 2.45) is 4.99 Å². The molecule has 0 saturated heterocycles. The highest BCUT2D eigenvalue weighted by Gasteiger charge is 2.10. The zero-order valence-electron chi connectivity index (χ0n) is 17.8. The summed E-state index contributed by atoms with van der Waals surface area (Å²) in [5.74, 6) is 1.19. The molecule has 0 radical (unpaired) electrons. The zero-order chi connectivity index (χ0) is 23.9. The van der Waals surface area contributed by atoms with Gasteiger partial charge in [0.2, 0.25) is 0 Å². The van der Waals surface area contributed by atoms with Gasteiger partial charge in [0, 0.05) is 16.3 Å². The van der Waals surface area contributed by atoms with Crippen molar-refractivity contribution in [3.8, 4) is 17.2 Å². The van der Waals surface area contributed by atoms with E-state index in [4.69, 9.17) is 14.6 Å². The Labute approximate surface area is 214 Å². The third-order valence-corrected chi connectivity index (χ3v) is 5.84. The van der Waals surface area contributed by atoms with Crippen molar-refractivity contribution in [1.29, 1.82) is 0 Å². The lowest BCUT2D eigenvalue weighted by Crippen LogP contribution is -2.01. The molecular formula is C27H19Br2NO4. The summed E-state index contributed by atoms with van der Waals surface area (Å²) in [4.78, 5) is 15.6. The fourth-order valence-corrected chi connectivity index (χ4v) is 4.47. The summed E-state index contributed by atoms with van der Waals surface area (Å²) in [6, 6.07) is 27.5. The van der Waals surface area contributed by atoms with Crippen LogP contribution >= 0.6 is 31.9 Å². The Morgan fingerprint density at radius 3 is 2.24 bits per heavy atom. The van der Waals surface area contributed by atoms with Gasteiger partial charge in [-0.2, -0.15) is 0 Å². The molecular weight excluding hydrogens is 562 g/mol. The first kappa shape index (κ1) is 23.7. The maximum absolute atomic E-state index is 11.0. The first-order chi connectivity index (χ1) is 16.5. The number of benzene rings is 4. The molecule has 170 valence electrons. The molecule has 0 saturated carbocycles. The molecule has 4 rings (SSSR count). The lowest BCUT2D eigenvalue weighted by molar-refractivity contribution is 0.0697. The number of hydrogen-bond donors (Lipinski definition) is 1. The Morgan fingerprint density at radius 1 is 0.882 bits per heavy atom. The molecule has 0 fully saturated rings. The smallest absolute Gasteiger partial charge is 0.335 e. The largest absolute Gasteiger partial charge is 0.487 e. The second-order valence-electron chi connectivity index (χ2n) is 7.26. The molecule has 0 spiro atoms. The van der Waals surface area contributed by atoms with Crippen LogP contribution in [-0.2, 0) is 6.61 Å². The highest BCUT2D eigenvalue weighted by molar-refractivity contribution is 9.11. The van der Waals surface area contributed by atoms with E-state index >= 15 is 0 Å². The third-order valence-electron chi connectivity index (χ3n) is 4.79. The number of halogens is 2. The molecule has 0 heterocycles. The maximum Gasteiger partial charge on any atom is 0.335 e. The second-order valence-corrected chi connectivity index (χ2v) is 9.03. The molecule has 0 aliphatic heterocycles. The van der Waals surface area contributed by atoms with Crippen LogP contribution in [0.5, 0.6) is 17.2 Å². The zero-order valence-corrected chi connectivity index (χ0v) is 21.0. The average Bonchev–Trinajstić information content (AvgIpc) is 2.84. The van der Waals surface area contributed by atoms with Crippen molar-refractivity contribution >= 4 is 49.7 Å². The Hall–Kier alpha value is -3.42. The highest BCUT2D eigenvalue weighted by Crippen LogP contribution is 2.33. The number of carbonyl (C=O) groups is 1. The van der Waals surface area contributed by atoms with Crippen LogP contribution in [0, 0.1) is 0 Å². The van der Waals surface area contributed by atoms with E-state index in [1.54, 1.807) is 30.5 Å². The van der Waals surface area contributed by atoms with Gasteiger partial charge < -0.3 is 14.6 Å². The van der Waals surface area contributed by atoms with Gasteiger partial charge in [-0.15, -0.1) is 0 Å². The van der Waals surface area contributed by atoms with E-state index in [1.807, 2.05) is 66.7 Å². The summed E-state index contributed by atoms with van der Waals surface area (Å²) < 4.78 is 13.5. The van der Waals surface area contributed by atoms with Gasteiger partial charge in [0.05, 0.1) is 15.7 Å². The predicted octanol–water partition coefficient (Wildman–Crippen LogP) is 8.03. The minimum Gasteiger partial charge on any atom is -0.487 e. The van der Waals surface area contributed by atoms with Crippen molar-refractivity contribution < 1.29 is 19.4 Å². The number of hydrogen-bond acceptors (Lipinski definition) is 4. The van der Waals surface area contributed by atoms with Crippen molar-refractivity contribution in [1.82, 2.24) is 0 Å². The molecule has 0 unspecified atom stereocenters. The van der Waals surface area contributed by atoms with Gasteiger partial charge in [0.1, 0.15) is 23.9 Å². The molecule has 0 aromatic heterocycles. The van der Waals surface area contributed by atoms with Crippen molar-refractivity contribution in [3.63, 3.8) is 0 Å². The Kier molecular flexibility index (Phi) is 7.77. The predicted molar refractivity (Wildman–Crippen MR) is 140 cm³/mol. The Bertz CT molecular complexity index is 1310. The fraction of sp³-hybridized carbons (Fsp3) is 0.0370. The van der Waals surface area contributed by atoms with Crippen LogP contribution in [0.25, 0.3) is 0 Å². The number of para-hydroxylation sites is 1. The van der Waals surface area contributed by atoms with E-state index in [2.05, 4.69) is 36.9 Å². The average molecular weight is 581 g/mol. The minimum atomic E-state index is -0.957. The van der Waals surface area contributed by atoms with Gasteiger partial charge >= 0.3 is 5.97 Å². The van der Waals surface area contributed by atoms with Crippen LogP contribution in [0.15, 0.2) is 105 Å². The van der Waals surface area contributed by atoms with E-state index in [9.17, 15) is 4.79 Å². The number of rotatable bonds is 8. The molecule has 0 amide bonds. The molecule has 0 aliphatic rings. The molecule has 5 nitrogen and oxygen atoms in total. The standard InChI is InChI=1S/C27H19Br2NO4/c28-21-14-20(16-30-22-10-12-24(13-11-22)34-23-4-2-1-3-5-23)26(25(29)15-21)33-17-18-6-8-19(9-7-18)27(31)32/h1-16H,17H2,(H,31,32). The van der Waals surface area contributed by atoms with Crippen LogP contribution in [0.2, 0.25) is 0 Å². The van der Waals surface area contributed by atoms with Crippen LogP contribution in [-0.4, -0.2) is 17.3 Å². The number of ether oxygens (including phenoxy) is 2. The second kappa shape index (κ2) is 11.1. The lowest BCUT2D eigenvalue weighted by Gasteiger charge is -2.12. The molecule has 4 aromatic carbocycles. The van der Waals surface area contributed by atoms with Crippen LogP contribution in [0.1, 0.15) is 21.5 Å². The molecule has 7 heteroatoms. The van der Waals surface area contributed by atoms with Gasteiger partial charge in [0.25, 0.3) is 0 Å². The Balaban J connectivity index is 1.48. The van der Waals surface area contributed by atoms with Crippen molar-refractivity contribution in [3.05, 3.63) is 117 Å². The maximum atomic E-state index is 11.0. The van der Waals surface area contributed by atoms with E-state index in [-0.39, 0.29) is 12.2 Å². The minimum absolute atomic E-state index is 0.238. The van der Waals surface area contributed by atoms with Crippen molar-refractivity contribution in [2.45, 2.75) is 6.61 Å². The van der Waals surface area contributed by atoms with Gasteiger partial charge in [0.15, 0.2) is 0 Å². The molecule has 0 aliphatic carbocycles. The fourth-order valence-electron chi connectivity index (χ4n) is 3.10. The quantitative estimate of drug-likeness (QED) is 0.214. The first-order valence-corrected chi connectivity index (χ1v) is 11.9. The topological polar surface area (TPSA) is 68.1 Å². The first-order valence-electron chi connectivity index (χ1n) is 10.3. The van der Waals surface area contributed by atoms with E-state index in [1.165, 1.54) is 0 Å². The number of aliphatic imine (C=N–C) groups is 1. The molecule has 0 atom stereocenters. The monoisotopic (exact) mass is 579 g/mol. The molecule has 0 bridgehead atoms. The summed E-state index contributed by atoms with van der Waals surface area (Å²) in [7, 11) is 0. The number of carboxylic acid groups (broad SMARTS) is 1. The molecule has 1 N–H and O–H groups in total. The van der Waals surface area contributed by atoms with Gasteiger partial charge in [-0.3, -0.25) is 4.99 Å². The van der Waals surface area contributed by atoms with Crippen LogP contribution in [0.3, 0.4) is 0 Å². The van der Waals surface area contributed by atoms with Crippen molar-refractivity contribution in [2.75, 3.05) is 0 Å². The number of carboxylic acids is 1. The summed E-state index contributed by atoms with van der Waals surface area (Å²) in [5, 5.41) is 9.05. The Morgan fingerprint density at radius 2 is 1.56 bits per heavy atom. The summed E-state index contributed by atoms with van der Waals surface area (Å²) in [5.41, 5.74) is 2.65. The normalized spacial score (nSPS) is 10.9. The van der Waals surface area contributed by atoms with Crippen LogP contribution in [0.4, 0.5) is 5.69 Å². The van der Waals surface area contributed by atoms with E-state index < -0.39 is 5.97 Å².